The molecule has 3 aromatic carbocycles. The van der Waals surface area contributed by atoms with E-state index in [0.717, 1.165) is 16.3 Å². The Bertz CT molecular complexity index is 831. The van der Waals surface area contributed by atoms with Crippen LogP contribution < -0.4 is 0 Å². The Kier molecular flexibility index (Phi) is 3.69. The summed E-state index contributed by atoms with van der Waals surface area (Å²) in [6.07, 6.45) is 3.12. The number of fused-ring (bicyclic) bond motifs is 3. The molecule has 0 aliphatic carbocycles. The fourth-order valence-corrected chi connectivity index (χ4v) is 2.58. The molecule has 0 spiro atoms. The first kappa shape index (κ1) is 13.4. The molecule has 104 valence electrons. The number of hydrogen-bond acceptors (Lipinski definition) is 2. The number of rotatable bonds is 3. The van der Waals surface area contributed by atoms with Gasteiger partial charge < -0.3 is 4.74 Å². The molecule has 0 amide bonds. The maximum absolute atomic E-state index is 11.5. The maximum Gasteiger partial charge on any atom is 0.330 e. The number of carbonyl (C=O) groups is 1. The number of ether oxygens (including phenoxy) is 1. The Labute approximate surface area is 123 Å². The minimum atomic E-state index is -0.310. The standard InChI is InChI=1S/C19H16O2/c1-2-7-19(20)21-13-15-12-14-8-3-4-9-16(14)18-11-6-5-10-17(15)18/h2-12H,13H2,1H3/b7-2+. The molecule has 3 rings (SSSR count). The highest BCUT2D eigenvalue weighted by molar-refractivity contribution is 6.08. The van der Waals surface area contributed by atoms with Gasteiger partial charge in [0.1, 0.15) is 6.61 Å². The van der Waals surface area contributed by atoms with Gasteiger partial charge in [0, 0.05) is 6.08 Å². The molecule has 0 saturated heterocycles. The first-order valence-electron chi connectivity index (χ1n) is 6.98. The van der Waals surface area contributed by atoms with Crippen molar-refractivity contribution >= 4 is 27.5 Å². The third-order valence-corrected chi connectivity index (χ3v) is 3.53. The van der Waals surface area contributed by atoms with Gasteiger partial charge in [-0.1, -0.05) is 54.6 Å². The minimum absolute atomic E-state index is 0.286. The number of carbonyl (C=O) groups excluding carboxylic acids is 1. The van der Waals surface area contributed by atoms with Gasteiger partial charge in [-0.2, -0.15) is 0 Å². The van der Waals surface area contributed by atoms with Crippen LogP contribution in [-0.2, 0) is 16.1 Å². The summed E-state index contributed by atoms with van der Waals surface area (Å²) in [7, 11) is 0. The van der Waals surface area contributed by atoms with Gasteiger partial charge >= 0.3 is 5.97 Å². The topological polar surface area (TPSA) is 26.3 Å². The van der Waals surface area contributed by atoms with Crippen molar-refractivity contribution < 1.29 is 9.53 Å². The Morgan fingerprint density at radius 1 is 1.00 bits per heavy atom. The van der Waals surface area contributed by atoms with Crippen molar-refractivity contribution in [3.8, 4) is 0 Å². The number of hydrogen-bond donors (Lipinski definition) is 0. The van der Waals surface area contributed by atoms with Crippen LogP contribution in [0.4, 0.5) is 0 Å². The number of allylic oxidation sites excluding steroid dienone is 1. The van der Waals surface area contributed by atoms with Crippen molar-refractivity contribution in [2.45, 2.75) is 13.5 Å². The van der Waals surface area contributed by atoms with Crippen LogP contribution in [0.3, 0.4) is 0 Å². The minimum Gasteiger partial charge on any atom is -0.458 e. The highest BCUT2D eigenvalue weighted by Gasteiger charge is 2.07. The molecule has 0 fully saturated rings. The van der Waals surface area contributed by atoms with Gasteiger partial charge in [-0.3, -0.25) is 0 Å². The van der Waals surface area contributed by atoms with Crippen LogP contribution in [0, 0.1) is 0 Å². The molecule has 3 aromatic rings. The third kappa shape index (κ3) is 2.65. The van der Waals surface area contributed by atoms with E-state index in [2.05, 4.69) is 30.3 Å². The van der Waals surface area contributed by atoms with E-state index in [9.17, 15) is 4.79 Å². The lowest BCUT2D eigenvalue weighted by Gasteiger charge is -2.10. The second kappa shape index (κ2) is 5.80. The molecule has 0 aliphatic rings. The van der Waals surface area contributed by atoms with E-state index in [-0.39, 0.29) is 12.6 Å². The smallest absolute Gasteiger partial charge is 0.330 e. The molecule has 0 atom stereocenters. The zero-order valence-electron chi connectivity index (χ0n) is 11.9. The summed E-state index contributed by atoms with van der Waals surface area (Å²) < 4.78 is 5.30. The van der Waals surface area contributed by atoms with E-state index in [4.69, 9.17) is 4.74 Å². The van der Waals surface area contributed by atoms with Crippen LogP contribution in [0.1, 0.15) is 12.5 Å². The summed E-state index contributed by atoms with van der Waals surface area (Å²) in [5, 5.41) is 4.70. The zero-order chi connectivity index (χ0) is 14.7. The molecule has 2 nitrogen and oxygen atoms in total. The molecule has 2 heteroatoms. The van der Waals surface area contributed by atoms with Crippen LogP contribution in [0.5, 0.6) is 0 Å². The lowest BCUT2D eigenvalue weighted by molar-refractivity contribution is -0.138. The van der Waals surface area contributed by atoms with Crippen LogP contribution >= 0.6 is 0 Å². The quantitative estimate of drug-likeness (QED) is 0.396. The van der Waals surface area contributed by atoms with Gasteiger partial charge in [0.15, 0.2) is 0 Å². The predicted octanol–water partition coefficient (Wildman–Crippen LogP) is 4.61. The molecule has 0 N–H and O–H groups in total. The molecule has 0 bridgehead atoms. The van der Waals surface area contributed by atoms with Crippen molar-refractivity contribution in [3.05, 3.63) is 72.3 Å². The summed E-state index contributed by atoms with van der Waals surface area (Å²) in [5.41, 5.74) is 1.03. The van der Waals surface area contributed by atoms with Crippen molar-refractivity contribution in [1.29, 1.82) is 0 Å². The molecular weight excluding hydrogens is 260 g/mol. The average molecular weight is 276 g/mol. The molecule has 0 unspecified atom stereocenters. The van der Waals surface area contributed by atoms with Crippen LogP contribution in [-0.4, -0.2) is 5.97 Å². The van der Waals surface area contributed by atoms with E-state index >= 15 is 0 Å². The highest BCUT2D eigenvalue weighted by Crippen LogP contribution is 2.29. The molecule has 0 aromatic heterocycles. The lowest BCUT2D eigenvalue weighted by atomic mass is 9.98. The Morgan fingerprint density at radius 3 is 2.43 bits per heavy atom. The fraction of sp³-hybridized carbons (Fsp3) is 0.105. The van der Waals surface area contributed by atoms with Crippen molar-refractivity contribution in [1.82, 2.24) is 0 Å². The van der Waals surface area contributed by atoms with Gasteiger partial charge in [-0.05, 0) is 40.1 Å². The number of benzene rings is 3. The van der Waals surface area contributed by atoms with E-state index in [1.807, 2.05) is 24.3 Å². The van der Waals surface area contributed by atoms with E-state index in [0.29, 0.717) is 0 Å². The Hall–Kier alpha value is -2.61. The van der Waals surface area contributed by atoms with Crippen molar-refractivity contribution in [2.75, 3.05) is 0 Å². The lowest BCUT2D eigenvalue weighted by Crippen LogP contribution is -2.01. The van der Waals surface area contributed by atoms with Crippen LogP contribution in [0.15, 0.2) is 66.7 Å². The molecular formula is C19H16O2. The van der Waals surface area contributed by atoms with Crippen LogP contribution in [0.25, 0.3) is 21.5 Å². The Morgan fingerprint density at radius 2 is 1.67 bits per heavy atom. The van der Waals surface area contributed by atoms with Crippen LogP contribution in [0.2, 0.25) is 0 Å². The fourth-order valence-electron chi connectivity index (χ4n) is 2.58. The van der Waals surface area contributed by atoms with Gasteiger partial charge in [0.05, 0.1) is 0 Å². The van der Waals surface area contributed by atoms with E-state index in [1.54, 1.807) is 13.0 Å². The SMILES string of the molecule is C/C=C/C(=O)OCc1cc2ccccc2c2ccccc12. The van der Waals surface area contributed by atoms with Gasteiger partial charge in [0.25, 0.3) is 0 Å². The summed E-state index contributed by atoms with van der Waals surface area (Å²) in [6.45, 7) is 2.08. The van der Waals surface area contributed by atoms with Crippen molar-refractivity contribution in [2.24, 2.45) is 0 Å². The zero-order valence-corrected chi connectivity index (χ0v) is 11.9. The van der Waals surface area contributed by atoms with Gasteiger partial charge in [0.2, 0.25) is 0 Å². The first-order chi connectivity index (χ1) is 10.3. The maximum atomic E-state index is 11.5. The molecule has 0 saturated carbocycles. The average Bonchev–Trinajstić information content (AvgIpc) is 2.53. The normalized spacial score (nSPS) is 11.3. The largest absolute Gasteiger partial charge is 0.458 e. The van der Waals surface area contributed by atoms with Crippen molar-refractivity contribution in [3.63, 3.8) is 0 Å². The first-order valence-corrected chi connectivity index (χ1v) is 6.98. The highest BCUT2D eigenvalue weighted by atomic mass is 16.5. The van der Waals surface area contributed by atoms with Gasteiger partial charge in [-0.15, -0.1) is 0 Å². The third-order valence-electron chi connectivity index (χ3n) is 3.53. The van der Waals surface area contributed by atoms with E-state index in [1.165, 1.54) is 16.8 Å². The molecule has 0 radical (unpaired) electrons. The molecule has 21 heavy (non-hydrogen) atoms. The molecule has 0 heterocycles. The summed E-state index contributed by atoms with van der Waals surface area (Å²) in [5.74, 6) is -0.310. The number of esters is 1. The molecule has 0 aliphatic heterocycles. The second-order valence-corrected chi connectivity index (χ2v) is 4.91. The Balaban J connectivity index is 2.10. The summed E-state index contributed by atoms with van der Waals surface area (Å²) >= 11 is 0. The second-order valence-electron chi connectivity index (χ2n) is 4.91. The summed E-state index contributed by atoms with van der Waals surface area (Å²) in [6, 6.07) is 18.6. The van der Waals surface area contributed by atoms with Gasteiger partial charge in [-0.25, -0.2) is 4.79 Å². The summed E-state index contributed by atoms with van der Waals surface area (Å²) in [4.78, 5) is 11.5. The predicted molar refractivity (Wildman–Crippen MR) is 86.1 cm³/mol. The monoisotopic (exact) mass is 276 g/mol. The van der Waals surface area contributed by atoms with E-state index < -0.39 is 0 Å².